The van der Waals surface area contributed by atoms with Crippen LogP contribution in [0.25, 0.3) is 0 Å². The zero-order valence-electron chi connectivity index (χ0n) is 13.9. The molecule has 0 aromatic heterocycles. The van der Waals surface area contributed by atoms with Crippen LogP contribution < -0.4 is 37.2 Å². The molecule has 0 spiro atoms. The number of hydrogen-bond acceptors (Lipinski definition) is 0. The average molecular weight is 410 g/mol. The van der Waals surface area contributed by atoms with Gasteiger partial charge in [0.2, 0.25) is 0 Å². The molecule has 0 aliphatic heterocycles. The first-order valence-corrected chi connectivity index (χ1v) is 11.3. The van der Waals surface area contributed by atoms with Crippen molar-refractivity contribution >= 4 is 8.07 Å². The van der Waals surface area contributed by atoms with Gasteiger partial charge in [-0.15, -0.1) is 0 Å². The topological polar surface area (TPSA) is 0 Å². The minimum absolute atomic E-state index is 0. The molecule has 22 heavy (non-hydrogen) atoms. The summed E-state index contributed by atoms with van der Waals surface area (Å²) in [5, 5.41) is 1.68. The summed E-state index contributed by atoms with van der Waals surface area (Å²) in [6, 6.07) is 6.94. The summed E-state index contributed by atoms with van der Waals surface area (Å²) in [4.78, 5) is 0. The van der Waals surface area contributed by atoms with Crippen LogP contribution in [0.4, 0.5) is 0 Å². The van der Waals surface area contributed by atoms with Crippen molar-refractivity contribution in [2.75, 3.05) is 0 Å². The van der Waals surface area contributed by atoms with Crippen LogP contribution in [-0.4, -0.2) is 8.07 Å². The van der Waals surface area contributed by atoms with Gasteiger partial charge in [-0.3, -0.25) is 0 Å². The summed E-state index contributed by atoms with van der Waals surface area (Å²) in [6.07, 6.45) is 4.77. The van der Waals surface area contributed by atoms with E-state index >= 15 is 0 Å². The van der Waals surface area contributed by atoms with Crippen LogP contribution in [0, 0.1) is 13.8 Å². The van der Waals surface area contributed by atoms with Crippen molar-refractivity contribution in [2.24, 2.45) is 0 Å². The van der Waals surface area contributed by atoms with E-state index in [4.69, 9.17) is 0 Å². The van der Waals surface area contributed by atoms with Gasteiger partial charge < -0.3 is 37.2 Å². The summed E-state index contributed by atoms with van der Waals surface area (Å²) in [7, 11) is -1.21. The predicted octanol–water partition coefficient (Wildman–Crippen LogP) is -4.13. The van der Waals surface area contributed by atoms with Crippen LogP contribution in [-0.2, 0) is 26.9 Å². The van der Waals surface area contributed by atoms with Crippen molar-refractivity contribution in [2.45, 2.75) is 46.3 Å². The van der Waals surface area contributed by atoms with E-state index < -0.39 is 8.07 Å². The monoisotopic (exact) mass is 408 g/mol. The number of benzene rings is 1. The second kappa shape index (κ2) is 9.71. The first kappa shape index (κ1) is 24.7. The number of aryl methyl sites for hydroxylation is 2. The first-order chi connectivity index (χ1) is 8.77. The molecule has 0 N–H and O–H groups in total. The van der Waals surface area contributed by atoms with Crippen LogP contribution in [0.3, 0.4) is 0 Å². The average Bonchev–Trinajstić information content (AvgIpc) is 2.58. The van der Waals surface area contributed by atoms with E-state index in [0.717, 1.165) is 6.42 Å². The van der Waals surface area contributed by atoms with Crippen LogP contribution in [0.2, 0.25) is 19.6 Å². The molecule has 0 bridgehead atoms. The maximum Gasteiger partial charge on any atom is -1.00 e. The molecule has 2 rings (SSSR count). The Hall–Kier alpha value is 0.501. The van der Waals surface area contributed by atoms with Gasteiger partial charge in [-0.05, 0) is 0 Å². The van der Waals surface area contributed by atoms with Gasteiger partial charge in [0.25, 0.3) is 0 Å². The normalized spacial score (nSPS) is 13.9. The molecule has 5 heteroatoms. The van der Waals surface area contributed by atoms with Gasteiger partial charge in [-0.2, -0.15) is 0 Å². The molecule has 1 aromatic rings. The molecule has 0 saturated heterocycles. The fraction of sp³-hybridized carbons (Fsp3) is 0.412. The Labute approximate surface area is 166 Å². The smallest absolute Gasteiger partial charge is 1.00 e. The Morgan fingerprint density at radius 3 is 1.91 bits per heavy atom. The van der Waals surface area contributed by atoms with Crippen molar-refractivity contribution in [1.82, 2.24) is 0 Å². The molecule has 1 aromatic carbocycles. The Morgan fingerprint density at radius 1 is 0.955 bits per heavy atom. The number of allylic oxidation sites excluding steroid dienone is 4. The van der Waals surface area contributed by atoms with Crippen LogP contribution in [0.5, 0.6) is 0 Å². The van der Waals surface area contributed by atoms with E-state index in [9.17, 15) is 0 Å². The maximum absolute atomic E-state index is 2.49. The van der Waals surface area contributed by atoms with E-state index in [1.165, 1.54) is 23.1 Å². The Morgan fingerprint density at radius 2 is 1.45 bits per heavy atom. The molecule has 120 valence electrons. The minimum atomic E-state index is -1.21. The van der Waals surface area contributed by atoms with Crippen LogP contribution >= 0.6 is 0 Å². The molecule has 0 atom stereocenters. The third-order valence-electron chi connectivity index (χ3n) is 3.67. The first-order valence-electron chi connectivity index (χ1n) is 6.99. The molecule has 0 saturated carbocycles. The minimum Gasteiger partial charge on any atom is -1.00 e. The van der Waals surface area contributed by atoms with Crippen molar-refractivity contribution < 1.29 is 57.7 Å². The SMILES string of the molecule is Cc1cc(C)cc(CC2=[C]([Ti+3])CC=C2[Si](C)(C)C)c1.[Cl-].[Cl-].[Cl-]. The van der Waals surface area contributed by atoms with Crippen molar-refractivity contribution in [3.05, 3.63) is 55.6 Å². The Kier molecular flexibility index (Phi) is 10.9. The largest absolute Gasteiger partial charge is 1.00 e. The number of halogens is 3. The zero-order chi connectivity index (χ0) is 14.2. The van der Waals surface area contributed by atoms with E-state index in [1.54, 1.807) is 14.6 Å². The van der Waals surface area contributed by atoms with Gasteiger partial charge in [-0.25, -0.2) is 0 Å². The quantitative estimate of drug-likeness (QED) is 0.445. The second-order valence-electron chi connectivity index (χ2n) is 6.70. The van der Waals surface area contributed by atoms with Crippen LogP contribution in [0.15, 0.2) is 38.9 Å². The summed E-state index contributed by atoms with van der Waals surface area (Å²) >= 11 is 2.31. The molecule has 1 aliphatic rings. The number of rotatable bonds is 3. The second-order valence-corrected chi connectivity index (χ2v) is 12.7. The van der Waals surface area contributed by atoms with Crippen molar-refractivity contribution in [1.29, 1.82) is 0 Å². The van der Waals surface area contributed by atoms with E-state index in [2.05, 4.69) is 78.2 Å². The molecule has 0 fully saturated rings. The van der Waals surface area contributed by atoms with Gasteiger partial charge >= 0.3 is 130 Å². The van der Waals surface area contributed by atoms with Gasteiger partial charge in [-0.1, -0.05) is 0 Å². The third-order valence-corrected chi connectivity index (χ3v) is 6.58. The summed E-state index contributed by atoms with van der Waals surface area (Å²) < 4.78 is 1.58. The van der Waals surface area contributed by atoms with E-state index in [1.807, 2.05) is 0 Å². The molecule has 0 heterocycles. The predicted molar refractivity (Wildman–Crippen MR) is 82.7 cm³/mol. The van der Waals surface area contributed by atoms with Gasteiger partial charge in [0.1, 0.15) is 0 Å². The third kappa shape index (κ3) is 6.19. The van der Waals surface area contributed by atoms with Gasteiger partial charge in [0.05, 0.1) is 0 Å². The maximum atomic E-state index is 2.49. The van der Waals surface area contributed by atoms with Crippen LogP contribution in [0.1, 0.15) is 23.1 Å². The van der Waals surface area contributed by atoms with Gasteiger partial charge in [0.15, 0.2) is 0 Å². The summed E-state index contributed by atoms with van der Waals surface area (Å²) in [6.45, 7) is 11.8. The summed E-state index contributed by atoms with van der Waals surface area (Å²) in [5.41, 5.74) is 5.86. The fourth-order valence-corrected chi connectivity index (χ4v) is 5.51. The van der Waals surface area contributed by atoms with E-state index in [0.29, 0.717) is 0 Å². The van der Waals surface area contributed by atoms with Crippen molar-refractivity contribution in [3.8, 4) is 0 Å². The standard InChI is InChI=1S/C17H23Si.3ClH.Ti/c1-13-9-14(2)11-15(10-13)12-16-7-6-8-17(16)18(3,4)5;;;;/h8-11H,6,12H2,1-5H3;3*1H;/q;;;;+3/p-3. The molecule has 0 radical (unpaired) electrons. The fourth-order valence-electron chi connectivity index (χ4n) is 2.95. The number of hydrogen-bond donors (Lipinski definition) is 0. The molecule has 0 nitrogen and oxygen atoms in total. The van der Waals surface area contributed by atoms with E-state index in [-0.39, 0.29) is 37.2 Å². The summed E-state index contributed by atoms with van der Waals surface area (Å²) in [5.74, 6) is 0. The van der Waals surface area contributed by atoms with Gasteiger partial charge in [0, 0.05) is 0 Å². The van der Waals surface area contributed by atoms with Crippen molar-refractivity contribution in [3.63, 3.8) is 0 Å². The zero-order valence-corrected chi connectivity index (χ0v) is 18.7. The molecule has 0 unspecified atom stereocenters. The molecule has 0 amide bonds. The Balaban J connectivity index is 0. The molecule has 1 aliphatic carbocycles. The Bertz CT molecular complexity index is 552. The molecular weight excluding hydrogens is 386 g/mol. The molecular formula is C17H23Cl3SiTi.